The van der Waals surface area contributed by atoms with E-state index in [1.165, 1.54) is 53.2 Å². The summed E-state index contributed by atoms with van der Waals surface area (Å²) in [5.41, 5.74) is 10.4. The minimum absolute atomic E-state index is 0.658. The molecule has 0 spiro atoms. The smallest absolute Gasteiger partial charge is 0.164 e. The van der Waals surface area contributed by atoms with Crippen LogP contribution < -0.4 is 0 Å². The van der Waals surface area contributed by atoms with Gasteiger partial charge in [-0.05, 0) is 57.0 Å². The van der Waals surface area contributed by atoms with Crippen LogP contribution in [0, 0.1) is 0 Å². The van der Waals surface area contributed by atoms with Crippen molar-refractivity contribution in [1.82, 2.24) is 15.0 Å². The van der Waals surface area contributed by atoms with Crippen molar-refractivity contribution in [3.05, 3.63) is 152 Å². The van der Waals surface area contributed by atoms with E-state index in [9.17, 15) is 0 Å². The lowest BCUT2D eigenvalue weighted by Crippen LogP contribution is -2.00. The molecule has 0 N–H and O–H groups in total. The van der Waals surface area contributed by atoms with Crippen LogP contribution in [-0.4, -0.2) is 15.0 Å². The minimum Gasteiger partial charge on any atom is -0.208 e. The van der Waals surface area contributed by atoms with Gasteiger partial charge in [-0.25, -0.2) is 15.0 Å². The highest BCUT2D eigenvalue weighted by Crippen LogP contribution is 2.52. The molecule has 9 aromatic rings. The third-order valence-electron chi connectivity index (χ3n) is 9.26. The molecule has 1 aliphatic rings. The lowest BCUT2D eigenvalue weighted by atomic mass is 9.98. The van der Waals surface area contributed by atoms with Gasteiger partial charge in [0, 0.05) is 42.2 Å². The molecule has 0 saturated carbocycles. The highest BCUT2D eigenvalue weighted by Gasteiger charge is 2.25. The van der Waals surface area contributed by atoms with Gasteiger partial charge in [0.2, 0.25) is 0 Å². The summed E-state index contributed by atoms with van der Waals surface area (Å²) in [4.78, 5) is 15.4. The van der Waals surface area contributed by atoms with Crippen molar-refractivity contribution < 1.29 is 0 Å². The van der Waals surface area contributed by atoms with Gasteiger partial charge in [0.05, 0.1) is 0 Å². The maximum absolute atomic E-state index is 5.20. The second-order valence-electron chi connectivity index (χ2n) is 12.0. The van der Waals surface area contributed by atoms with E-state index >= 15 is 0 Å². The molecule has 0 radical (unpaired) electrons. The number of benzene rings is 7. The Kier molecular flexibility index (Phi) is 5.74. The predicted molar refractivity (Wildman–Crippen MR) is 196 cm³/mol. The summed E-state index contributed by atoms with van der Waals surface area (Å²) in [6.45, 7) is 0. The summed E-state index contributed by atoms with van der Waals surface area (Å²) >= 11 is 1.85. The molecule has 0 aliphatic heterocycles. The van der Waals surface area contributed by atoms with E-state index in [4.69, 9.17) is 15.0 Å². The molecule has 7 aromatic carbocycles. The number of aromatic nitrogens is 3. The molecule has 0 amide bonds. The SMILES string of the molecule is c1ccc(-c2cccc(-c3nc(-c4ccccc4)nc(-c4cccc5sc6c7cccc8c7c(cc6c45)-c4ccccc4-8)n3)c2)cc1. The Hall–Kier alpha value is -5.97. The van der Waals surface area contributed by atoms with E-state index < -0.39 is 0 Å². The van der Waals surface area contributed by atoms with Crippen molar-refractivity contribution >= 4 is 42.3 Å². The average molecular weight is 616 g/mol. The molecule has 2 heterocycles. The van der Waals surface area contributed by atoms with Gasteiger partial charge in [-0.2, -0.15) is 0 Å². The van der Waals surface area contributed by atoms with Crippen LogP contribution in [0.25, 0.3) is 98.5 Å². The second-order valence-corrected chi connectivity index (χ2v) is 13.0. The van der Waals surface area contributed by atoms with E-state index in [-0.39, 0.29) is 0 Å². The van der Waals surface area contributed by atoms with Gasteiger partial charge >= 0.3 is 0 Å². The van der Waals surface area contributed by atoms with Crippen molar-refractivity contribution in [2.45, 2.75) is 0 Å². The van der Waals surface area contributed by atoms with Crippen LogP contribution in [0.5, 0.6) is 0 Å². The third kappa shape index (κ3) is 4.09. The molecule has 10 rings (SSSR count). The molecule has 0 unspecified atom stereocenters. The fourth-order valence-electron chi connectivity index (χ4n) is 7.14. The number of rotatable bonds is 4. The molecule has 3 nitrogen and oxygen atoms in total. The highest BCUT2D eigenvalue weighted by atomic mass is 32.1. The van der Waals surface area contributed by atoms with Crippen molar-refractivity contribution in [3.63, 3.8) is 0 Å². The summed E-state index contributed by atoms with van der Waals surface area (Å²) in [7, 11) is 0. The van der Waals surface area contributed by atoms with Crippen LogP contribution in [0.3, 0.4) is 0 Å². The van der Waals surface area contributed by atoms with Gasteiger partial charge in [0.1, 0.15) is 0 Å². The van der Waals surface area contributed by atoms with E-state index in [2.05, 4.69) is 127 Å². The zero-order valence-electron chi connectivity index (χ0n) is 25.2. The number of thiophene rings is 1. The lowest BCUT2D eigenvalue weighted by molar-refractivity contribution is 1.08. The zero-order chi connectivity index (χ0) is 30.9. The topological polar surface area (TPSA) is 38.7 Å². The van der Waals surface area contributed by atoms with Crippen LogP contribution in [0.1, 0.15) is 0 Å². The number of hydrogen-bond donors (Lipinski definition) is 0. The molecule has 0 saturated heterocycles. The number of nitrogens with zero attached hydrogens (tertiary/aromatic N) is 3. The van der Waals surface area contributed by atoms with E-state index in [0.29, 0.717) is 17.5 Å². The molecule has 47 heavy (non-hydrogen) atoms. The number of hydrogen-bond acceptors (Lipinski definition) is 4. The van der Waals surface area contributed by atoms with Gasteiger partial charge in [-0.1, -0.05) is 133 Å². The molecule has 218 valence electrons. The molecule has 2 aromatic heterocycles. The monoisotopic (exact) mass is 615 g/mol. The fourth-order valence-corrected chi connectivity index (χ4v) is 8.38. The molecular weight excluding hydrogens is 591 g/mol. The van der Waals surface area contributed by atoms with Crippen molar-refractivity contribution in [3.8, 4) is 67.5 Å². The Morgan fingerprint density at radius 1 is 0.340 bits per heavy atom. The molecular formula is C43H25N3S. The Balaban J connectivity index is 1.24. The molecule has 4 heteroatoms. The van der Waals surface area contributed by atoms with Gasteiger partial charge < -0.3 is 0 Å². The van der Waals surface area contributed by atoms with Crippen LogP contribution in [-0.2, 0) is 0 Å². The fraction of sp³-hybridized carbons (Fsp3) is 0. The first kappa shape index (κ1) is 26.3. The van der Waals surface area contributed by atoms with Crippen LogP contribution >= 0.6 is 11.3 Å². The normalized spacial score (nSPS) is 11.8. The second kappa shape index (κ2) is 10.3. The molecule has 0 bridgehead atoms. The van der Waals surface area contributed by atoms with Gasteiger partial charge in [0.25, 0.3) is 0 Å². The maximum atomic E-state index is 5.20. The minimum atomic E-state index is 0.658. The standard InChI is InChI=1S/C43H25N3S/c1-3-12-26(13-4-1)28-16-9-17-29(24-28)42-44-41(27-14-5-2-6-15-27)45-43(46-42)34-22-11-23-37-39(34)36-25-35-31-19-8-7-18-30(31)32-20-10-21-33(38(32)35)40(36)47-37/h1-25H. The molecule has 1 aliphatic carbocycles. The Labute approximate surface area is 275 Å². The summed E-state index contributed by atoms with van der Waals surface area (Å²) in [5, 5.41) is 5.08. The first-order chi connectivity index (χ1) is 23.3. The molecule has 0 fully saturated rings. The van der Waals surface area contributed by atoms with Crippen molar-refractivity contribution in [1.29, 1.82) is 0 Å². The zero-order valence-corrected chi connectivity index (χ0v) is 26.0. The Morgan fingerprint density at radius 2 is 0.915 bits per heavy atom. The predicted octanol–water partition coefficient (Wildman–Crippen LogP) is 11.7. The molecule has 0 atom stereocenters. The highest BCUT2D eigenvalue weighted by molar-refractivity contribution is 7.26. The first-order valence-electron chi connectivity index (χ1n) is 15.8. The van der Waals surface area contributed by atoms with Gasteiger partial charge in [-0.3, -0.25) is 0 Å². The van der Waals surface area contributed by atoms with Crippen LogP contribution in [0.2, 0.25) is 0 Å². The Bertz CT molecular complexity index is 2680. The summed E-state index contributed by atoms with van der Waals surface area (Å²) in [6.07, 6.45) is 0. The quantitative estimate of drug-likeness (QED) is 0.198. The first-order valence-corrected chi connectivity index (χ1v) is 16.6. The van der Waals surface area contributed by atoms with E-state index in [0.717, 1.165) is 27.8 Å². The van der Waals surface area contributed by atoms with E-state index in [1.54, 1.807) is 0 Å². The Morgan fingerprint density at radius 3 is 1.72 bits per heavy atom. The number of fused-ring (bicyclic) bond motifs is 7. The van der Waals surface area contributed by atoms with Crippen molar-refractivity contribution in [2.24, 2.45) is 0 Å². The van der Waals surface area contributed by atoms with Crippen molar-refractivity contribution in [2.75, 3.05) is 0 Å². The summed E-state index contributed by atoms with van der Waals surface area (Å²) in [5.74, 6) is 2.00. The van der Waals surface area contributed by atoms with Gasteiger partial charge in [0.15, 0.2) is 17.5 Å². The summed E-state index contributed by atoms with van der Waals surface area (Å²) in [6, 6.07) is 53.5. The summed E-state index contributed by atoms with van der Waals surface area (Å²) < 4.78 is 2.53. The largest absolute Gasteiger partial charge is 0.208 e. The van der Waals surface area contributed by atoms with Crippen LogP contribution in [0.4, 0.5) is 0 Å². The lowest BCUT2D eigenvalue weighted by Gasteiger charge is -2.11. The maximum Gasteiger partial charge on any atom is 0.164 e. The average Bonchev–Trinajstić information content (AvgIpc) is 3.69. The third-order valence-corrected chi connectivity index (χ3v) is 10.5. The van der Waals surface area contributed by atoms with E-state index in [1.807, 2.05) is 35.6 Å². The van der Waals surface area contributed by atoms with Gasteiger partial charge in [-0.15, -0.1) is 11.3 Å². The van der Waals surface area contributed by atoms with Crippen LogP contribution in [0.15, 0.2) is 152 Å².